The fourth-order valence-corrected chi connectivity index (χ4v) is 2.75. The minimum atomic E-state index is -4.42. The zero-order valence-electron chi connectivity index (χ0n) is 13.2. The van der Waals surface area contributed by atoms with Gasteiger partial charge in [-0.15, -0.1) is 0 Å². The number of alkyl halides is 3. The summed E-state index contributed by atoms with van der Waals surface area (Å²) in [6, 6.07) is 5.48. The van der Waals surface area contributed by atoms with E-state index in [9.17, 15) is 13.2 Å². The van der Waals surface area contributed by atoms with E-state index in [0.717, 1.165) is 43.5 Å². The highest BCUT2D eigenvalue weighted by Crippen LogP contribution is 2.41. The summed E-state index contributed by atoms with van der Waals surface area (Å²) in [4.78, 5) is 8.96. The molecular formula is C17H16ClF3N4. The molecule has 0 unspecified atom stereocenters. The minimum Gasteiger partial charge on any atom is -0.351 e. The highest BCUT2D eigenvalue weighted by molar-refractivity contribution is 6.33. The summed E-state index contributed by atoms with van der Waals surface area (Å²) in [6.45, 7) is 0. The molecule has 0 amide bonds. The molecule has 0 atom stereocenters. The van der Waals surface area contributed by atoms with E-state index in [4.69, 9.17) is 11.6 Å². The van der Waals surface area contributed by atoms with E-state index in [1.54, 1.807) is 0 Å². The molecule has 132 valence electrons. The molecule has 1 aromatic heterocycles. The van der Waals surface area contributed by atoms with Crippen LogP contribution < -0.4 is 10.6 Å². The summed E-state index contributed by atoms with van der Waals surface area (Å²) < 4.78 is 38.2. The monoisotopic (exact) mass is 368 g/mol. The van der Waals surface area contributed by atoms with Crippen molar-refractivity contribution < 1.29 is 13.2 Å². The van der Waals surface area contributed by atoms with E-state index >= 15 is 0 Å². The Morgan fingerprint density at radius 1 is 1.04 bits per heavy atom. The van der Waals surface area contributed by atoms with E-state index in [0.29, 0.717) is 29.4 Å². The average Bonchev–Trinajstić information content (AvgIpc) is 3.42. The first-order chi connectivity index (χ1) is 11.9. The Kier molecular flexibility index (Phi) is 3.98. The number of nitrogens with one attached hydrogen (secondary N) is 2. The van der Waals surface area contributed by atoms with Crippen LogP contribution in [0.15, 0.2) is 24.3 Å². The second-order valence-electron chi connectivity index (χ2n) is 6.51. The van der Waals surface area contributed by atoms with Crippen LogP contribution in [0.1, 0.15) is 42.9 Å². The van der Waals surface area contributed by atoms with E-state index in [-0.39, 0.29) is 5.02 Å². The summed E-state index contributed by atoms with van der Waals surface area (Å²) >= 11 is 6.01. The van der Waals surface area contributed by atoms with Crippen LogP contribution in [0.3, 0.4) is 0 Å². The molecule has 2 N–H and O–H groups in total. The number of hydrogen-bond acceptors (Lipinski definition) is 4. The molecule has 2 aliphatic carbocycles. The number of aromatic nitrogens is 2. The van der Waals surface area contributed by atoms with Crippen LogP contribution >= 0.6 is 11.6 Å². The van der Waals surface area contributed by atoms with Gasteiger partial charge in [0, 0.05) is 18.0 Å². The molecule has 4 nitrogen and oxygen atoms in total. The molecular weight excluding hydrogens is 353 g/mol. The third-order valence-corrected chi connectivity index (χ3v) is 4.52. The number of hydrogen-bond donors (Lipinski definition) is 2. The standard InChI is InChI=1S/C17H16ClF3N4/c18-12-7-10(17(19,20)21)3-6-13(12)23-15-8-14(9-1-2-9)24-16(25-15)22-11-4-5-11/h3,6-9,11H,1-2,4-5H2,(H2,22,23,24,25). The number of rotatable bonds is 5. The lowest BCUT2D eigenvalue weighted by Gasteiger charge is -2.13. The van der Waals surface area contributed by atoms with Crippen LogP contribution in [-0.2, 0) is 6.18 Å². The van der Waals surface area contributed by atoms with Crippen molar-refractivity contribution in [1.29, 1.82) is 0 Å². The average molecular weight is 369 g/mol. The maximum Gasteiger partial charge on any atom is 0.416 e. The lowest BCUT2D eigenvalue weighted by atomic mass is 10.2. The molecule has 25 heavy (non-hydrogen) atoms. The Bertz CT molecular complexity index is 801. The predicted molar refractivity (Wildman–Crippen MR) is 90.4 cm³/mol. The third kappa shape index (κ3) is 3.98. The SMILES string of the molecule is FC(F)(F)c1ccc(Nc2cc(C3CC3)nc(NC3CC3)n2)c(Cl)c1. The van der Waals surface area contributed by atoms with Crippen molar-refractivity contribution in [1.82, 2.24) is 9.97 Å². The molecule has 0 radical (unpaired) electrons. The minimum absolute atomic E-state index is 0.00175. The van der Waals surface area contributed by atoms with Crippen molar-refractivity contribution in [2.24, 2.45) is 0 Å². The topological polar surface area (TPSA) is 49.8 Å². The maximum atomic E-state index is 12.7. The third-order valence-electron chi connectivity index (χ3n) is 4.21. The molecule has 1 aromatic carbocycles. The largest absolute Gasteiger partial charge is 0.416 e. The molecule has 1 heterocycles. The Morgan fingerprint density at radius 3 is 2.40 bits per heavy atom. The normalized spacial score (nSPS) is 17.4. The van der Waals surface area contributed by atoms with Crippen LogP contribution in [0.5, 0.6) is 0 Å². The molecule has 2 aromatic rings. The van der Waals surface area contributed by atoms with Gasteiger partial charge in [-0.25, -0.2) is 4.98 Å². The molecule has 2 saturated carbocycles. The number of halogens is 4. The van der Waals surface area contributed by atoms with Gasteiger partial charge in [-0.3, -0.25) is 0 Å². The quantitative estimate of drug-likeness (QED) is 0.747. The maximum absolute atomic E-state index is 12.7. The molecule has 0 saturated heterocycles. The van der Waals surface area contributed by atoms with Crippen LogP contribution in [0.4, 0.5) is 30.6 Å². The summed E-state index contributed by atoms with van der Waals surface area (Å²) in [6.07, 6.45) is -0.0205. The number of anilines is 3. The highest BCUT2D eigenvalue weighted by Gasteiger charge is 2.31. The summed E-state index contributed by atoms with van der Waals surface area (Å²) in [5.41, 5.74) is 0.552. The smallest absolute Gasteiger partial charge is 0.351 e. The van der Waals surface area contributed by atoms with Gasteiger partial charge >= 0.3 is 6.18 Å². The van der Waals surface area contributed by atoms with Crippen molar-refractivity contribution in [3.05, 3.63) is 40.5 Å². The molecule has 0 spiro atoms. The van der Waals surface area contributed by atoms with Gasteiger partial charge in [-0.1, -0.05) is 11.6 Å². The first kappa shape index (κ1) is 16.4. The highest BCUT2D eigenvalue weighted by atomic mass is 35.5. The zero-order valence-corrected chi connectivity index (χ0v) is 14.0. The van der Waals surface area contributed by atoms with Gasteiger partial charge < -0.3 is 10.6 Å². The van der Waals surface area contributed by atoms with Crippen LogP contribution in [0, 0.1) is 0 Å². The Balaban J connectivity index is 1.60. The Morgan fingerprint density at radius 2 is 1.80 bits per heavy atom. The van der Waals surface area contributed by atoms with Gasteiger partial charge in [-0.2, -0.15) is 18.2 Å². The van der Waals surface area contributed by atoms with Gasteiger partial charge in [0.25, 0.3) is 0 Å². The van der Waals surface area contributed by atoms with Gasteiger partial charge in [0.2, 0.25) is 5.95 Å². The van der Waals surface area contributed by atoms with Crippen molar-refractivity contribution >= 4 is 29.1 Å². The molecule has 0 bridgehead atoms. The van der Waals surface area contributed by atoms with Gasteiger partial charge in [0.1, 0.15) is 5.82 Å². The molecule has 8 heteroatoms. The molecule has 4 rings (SSSR count). The van der Waals surface area contributed by atoms with Crippen molar-refractivity contribution in [2.45, 2.75) is 43.8 Å². The van der Waals surface area contributed by atoms with Crippen LogP contribution in [-0.4, -0.2) is 16.0 Å². The predicted octanol–water partition coefficient (Wildman–Crippen LogP) is 5.34. The fraction of sp³-hybridized carbons (Fsp3) is 0.412. The first-order valence-electron chi connectivity index (χ1n) is 8.18. The molecule has 2 fully saturated rings. The molecule has 0 aliphatic heterocycles. The zero-order chi connectivity index (χ0) is 17.6. The Hall–Kier alpha value is -2.02. The van der Waals surface area contributed by atoms with Crippen molar-refractivity contribution in [3.8, 4) is 0 Å². The van der Waals surface area contributed by atoms with E-state index in [2.05, 4.69) is 20.6 Å². The van der Waals surface area contributed by atoms with Gasteiger partial charge in [0.15, 0.2) is 0 Å². The summed E-state index contributed by atoms with van der Waals surface area (Å²) in [5, 5.41) is 6.28. The van der Waals surface area contributed by atoms with Gasteiger partial charge in [0.05, 0.1) is 22.0 Å². The summed E-state index contributed by atoms with van der Waals surface area (Å²) in [7, 11) is 0. The number of nitrogens with zero attached hydrogens (tertiary/aromatic N) is 2. The summed E-state index contributed by atoms with van der Waals surface area (Å²) in [5.74, 6) is 1.52. The van der Waals surface area contributed by atoms with E-state index in [1.807, 2.05) is 6.07 Å². The Labute approximate surface area is 147 Å². The van der Waals surface area contributed by atoms with E-state index in [1.165, 1.54) is 6.07 Å². The van der Waals surface area contributed by atoms with Crippen LogP contribution in [0.25, 0.3) is 0 Å². The van der Waals surface area contributed by atoms with Crippen LogP contribution in [0.2, 0.25) is 5.02 Å². The molecule has 2 aliphatic rings. The second-order valence-corrected chi connectivity index (χ2v) is 6.92. The van der Waals surface area contributed by atoms with E-state index < -0.39 is 11.7 Å². The van der Waals surface area contributed by atoms with Crippen molar-refractivity contribution in [3.63, 3.8) is 0 Å². The fourth-order valence-electron chi connectivity index (χ4n) is 2.52. The lowest BCUT2D eigenvalue weighted by Crippen LogP contribution is -2.09. The van der Waals surface area contributed by atoms with Crippen molar-refractivity contribution in [2.75, 3.05) is 10.6 Å². The first-order valence-corrected chi connectivity index (χ1v) is 8.55. The van der Waals surface area contributed by atoms with Gasteiger partial charge in [-0.05, 0) is 43.9 Å². The number of benzene rings is 1. The lowest BCUT2D eigenvalue weighted by molar-refractivity contribution is -0.137. The second kappa shape index (κ2) is 6.05.